The second-order valence-corrected chi connectivity index (χ2v) is 3.22. The third-order valence-corrected chi connectivity index (χ3v) is 2.02. The van der Waals surface area contributed by atoms with Crippen molar-refractivity contribution >= 4 is 5.69 Å². The smallest absolute Gasteiger partial charge is 0.123 e. The molecule has 0 aliphatic carbocycles. The Morgan fingerprint density at radius 2 is 2.21 bits per heavy atom. The monoisotopic (exact) mass is 195 g/mol. The maximum Gasteiger partial charge on any atom is 0.123 e. The second-order valence-electron chi connectivity index (χ2n) is 3.22. The Bertz CT molecular complexity index is 349. The Morgan fingerprint density at radius 3 is 2.71 bits per heavy atom. The van der Waals surface area contributed by atoms with Crippen LogP contribution in [0.5, 0.6) is 0 Å². The fraction of sp³-hybridized carbons (Fsp3) is 0.200. The topological polar surface area (TPSA) is 64.1 Å². The third kappa shape index (κ3) is 2.10. The minimum Gasteiger partial charge on any atom is -0.398 e. The van der Waals surface area contributed by atoms with E-state index in [2.05, 4.69) is 12.0 Å². The van der Waals surface area contributed by atoms with Crippen LogP contribution in [0.25, 0.3) is 0 Å². The van der Waals surface area contributed by atoms with Gasteiger partial charge in [-0.3, -0.25) is 5.84 Å². The molecule has 0 aromatic heterocycles. The van der Waals surface area contributed by atoms with Crippen LogP contribution in [-0.4, -0.2) is 0 Å². The van der Waals surface area contributed by atoms with E-state index in [4.69, 9.17) is 11.6 Å². The number of halogens is 1. The van der Waals surface area contributed by atoms with Gasteiger partial charge in [0, 0.05) is 11.3 Å². The van der Waals surface area contributed by atoms with Gasteiger partial charge in [0.25, 0.3) is 0 Å². The first kappa shape index (κ1) is 10.7. The molecule has 1 rings (SSSR count). The number of nitrogens with two attached hydrogens (primary N) is 2. The molecule has 0 radical (unpaired) electrons. The summed E-state index contributed by atoms with van der Waals surface area (Å²) >= 11 is 0. The van der Waals surface area contributed by atoms with E-state index < -0.39 is 0 Å². The Balaban J connectivity index is 3.15. The van der Waals surface area contributed by atoms with Crippen LogP contribution in [0.3, 0.4) is 0 Å². The summed E-state index contributed by atoms with van der Waals surface area (Å²) in [5.74, 6) is 5.00. The highest BCUT2D eigenvalue weighted by Crippen LogP contribution is 2.25. The summed E-state index contributed by atoms with van der Waals surface area (Å²) in [5, 5.41) is 0. The van der Waals surface area contributed by atoms with E-state index in [-0.39, 0.29) is 11.9 Å². The standard InChI is InChI=1S/C10H14FN3/c1-6(2)10(14-13)8-5-7(11)3-4-9(8)12/h3-5,10,14H,1,12-13H2,2H3. The van der Waals surface area contributed by atoms with Gasteiger partial charge in [0.05, 0.1) is 6.04 Å². The van der Waals surface area contributed by atoms with Gasteiger partial charge in [-0.25, -0.2) is 9.82 Å². The first-order valence-corrected chi connectivity index (χ1v) is 4.22. The van der Waals surface area contributed by atoms with Gasteiger partial charge in [-0.1, -0.05) is 12.2 Å². The zero-order valence-electron chi connectivity index (χ0n) is 8.05. The fourth-order valence-corrected chi connectivity index (χ4v) is 1.29. The predicted octanol–water partition coefficient (Wildman–Crippen LogP) is 1.49. The zero-order chi connectivity index (χ0) is 10.7. The lowest BCUT2D eigenvalue weighted by molar-refractivity contribution is 0.602. The normalized spacial score (nSPS) is 12.5. The number of anilines is 1. The number of rotatable bonds is 3. The summed E-state index contributed by atoms with van der Waals surface area (Å²) in [6.45, 7) is 5.55. The molecule has 4 heteroatoms. The van der Waals surface area contributed by atoms with Crippen molar-refractivity contribution in [2.75, 3.05) is 5.73 Å². The number of benzene rings is 1. The molecule has 0 fully saturated rings. The van der Waals surface area contributed by atoms with Crippen molar-refractivity contribution in [2.24, 2.45) is 5.84 Å². The van der Waals surface area contributed by atoms with E-state index >= 15 is 0 Å². The summed E-state index contributed by atoms with van der Waals surface area (Å²) in [6.07, 6.45) is 0. The number of hydrogen-bond acceptors (Lipinski definition) is 3. The van der Waals surface area contributed by atoms with Crippen LogP contribution in [0.15, 0.2) is 30.4 Å². The van der Waals surface area contributed by atoms with Crippen molar-refractivity contribution in [2.45, 2.75) is 13.0 Å². The number of nitrogens with one attached hydrogen (secondary N) is 1. The maximum atomic E-state index is 13.0. The molecule has 0 saturated heterocycles. The first-order chi connectivity index (χ1) is 6.56. The minimum atomic E-state index is -0.337. The lowest BCUT2D eigenvalue weighted by Crippen LogP contribution is -2.29. The Hall–Kier alpha value is -1.39. The Morgan fingerprint density at radius 1 is 1.57 bits per heavy atom. The second kappa shape index (κ2) is 4.21. The van der Waals surface area contributed by atoms with Crippen molar-refractivity contribution in [3.05, 3.63) is 41.7 Å². The molecule has 1 atom stereocenters. The molecule has 0 aliphatic rings. The summed E-state index contributed by atoms with van der Waals surface area (Å²) in [5.41, 5.74) is 10.1. The van der Waals surface area contributed by atoms with Gasteiger partial charge in [0.2, 0.25) is 0 Å². The van der Waals surface area contributed by atoms with E-state index in [1.54, 1.807) is 6.92 Å². The summed E-state index contributed by atoms with van der Waals surface area (Å²) < 4.78 is 13.0. The molecule has 1 aromatic rings. The maximum absolute atomic E-state index is 13.0. The van der Waals surface area contributed by atoms with Crippen molar-refractivity contribution in [1.29, 1.82) is 0 Å². The van der Waals surface area contributed by atoms with E-state index in [1.807, 2.05) is 0 Å². The molecule has 0 aliphatic heterocycles. The van der Waals surface area contributed by atoms with Crippen molar-refractivity contribution in [3.63, 3.8) is 0 Å². The average molecular weight is 195 g/mol. The zero-order valence-corrected chi connectivity index (χ0v) is 8.05. The SMILES string of the molecule is C=C(C)C(NN)c1cc(F)ccc1N. The molecule has 0 spiro atoms. The van der Waals surface area contributed by atoms with E-state index in [1.165, 1.54) is 18.2 Å². The van der Waals surface area contributed by atoms with E-state index in [0.29, 0.717) is 11.3 Å². The molecule has 1 aromatic carbocycles. The molecule has 3 nitrogen and oxygen atoms in total. The van der Waals surface area contributed by atoms with Crippen LogP contribution < -0.4 is 17.0 Å². The summed E-state index contributed by atoms with van der Waals surface area (Å²) in [4.78, 5) is 0. The van der Waals surface area contributed by atoms with Crippen molar-refractivity contribution in [3.8, 4) is 0 Å². The summed E-state index contributed by atoms with van der Waals surface area (Å²) in [6, 6.07) is 3.86. The van der Waals surface area contributed by atoms with Gasteiger partial charge in [-0.2, -0.15) is 0 Å². The first-order valence-electron chi connectivity index (χ1n) is 4.22. The highest BCUT2D eigenvalue weighted by Gasteiger charge is 2.13. The number of hydrazine groups is 1. The van der Waals surface area contributed by atoms with Gasteiger partial charge < -0.3 is 5.73 Å². The van der Waals surface area contributed by atoms with Gasteiger partial charge in [0.1, 0.15) is 5.82 Å². The van der Waals surface area contributed by atoms with Crippen LogP contribution >= 0.6 is 0 Å². The van der Waals surface area contributed by atoms with Gasteiger partial charge in [0.15, 0.2) is 0 Å². The Kier molecular flexibility index (Phi) is 3.22. The van der Waals surface area contributed by atoms with Crippen LogP contribution in [-0.2, 0) is 0 Å². The van der Waals surface area contributed by atoms with Crippen molar-refractivity contribution < 1.29 is 4.39 Å². The predicted molar refractivity (Wildman–Crippen MR) is 55.7 cm³/mol. The van der Waals surface area contributed by atoms with E-state index in [0.717, 1.165) is 5.57 Å². The fourth-order valence-electron chi connectivity index (χ4n) is 1.29. The summed E-state index contributed by atoms with van der Waals surface area (Å²) in [7, 11) is 0. The molecular formula is C10H14FN3. The van der Waals surface area contributed by atoms with Crippen molar-refractivity contribution in [1.82, 2.24) is 5.43 Å². The lowest BCUT2D eigenvalue weighted by Gasteiger charge is -2.18. The molecule has 76 valence electrons. The van der Waals surface area contributed by atoms with Gasteiger partial charge >= 0.3 is 0 Å². The highest BCUT2D eigenvalue weighted by molar-refractivity contribution is 5.50. The third-order valence-electron chi connectivity index (χ3n) is 2.02. The average Bonchev–Trinajstić information content (AvgIpc) is 2.11. The molecule has 0 amide bonds. The minimum absolute atomic E-state index is 0.314. The molecule has 0 bridgehead atoms. The van der Waals surface area contributed by atoms with Crippen LogP contribution in [0.1, 0.15) is 18.5 Å². The van der Waals surface area contributed by atoms with Gasteiger partial charge in [-0.05, 0) is 25.1 Å². The van der Waals surface area contributed by atoms with Crippen LogP contribution in [0.4, 0.5) is 10.1 Å². The Labute approximate surface area is 82.6 Å². The highest BCUT2D eigenvalue weighted by atomic mass is 19.1. The molecule has 14 heavy (non-hydrogen) atoms. The molecular weight excluding hydrogens is 181 g/mol. The number of nitrogen functional groups attached to an aromatic ring is 1. The largest absolute Gasteiger partial charge is 0.398 e. The van der Waals surface area contributed by atoms with Crippen LogP contribution in [0.2, 0.25) is 0 Å². The lowest BCUT2D eigenvalue weighted by atomic mass is 10.00. The van der Waals surface area contributed by atoms with E-state index in [9.17, 15) is 4.39 Å². The number of hydrogen-bond donors (Lipinski definition) is 3. The van der Waals surface area contributed by atoms with Crippen LogP contribution in [0, 0.1) is 5.82 Å². The molecule has 0 saturated carbocycles. The van der Waals surface area contributed by atoms with Gasteiger partial charge in [-0.15, -0.1) is 0 Å². The molecule has 5 N–H and O–H groups in total. The molecule has 0 heterocycles. The quantitative estimate of drug-likeness (QED) is 0.296. The molecule has 1 unspecified atom stereocenters.